The number of hydrogen-bond acceptors (Lipinski definition) is 0. The molecule has 0 N–H and O–H groups in total. The third kappa shape index (κ3) is 1.33. The summed E-state index contributed by atoms with van der Waals surface area (Å²) in [6.07, 6.45) is 5.03. The fraction of sp³-hybridized carbons (Fsp3) is 0.750. The lowest BCUT2D eigenvalue weighted by atomic mass is 10.3. The molecule has 0 unspecified atom stereocenters. The number of nitrogens with zero attached hydrogens (tertiary/aromatic N) is 1. The molecule has 50 valence electrons. The third-order valence-corrected chi connectivity index (χ3v) is 2.45. The first kappa shape index (κ1) is 5.48. The predicted octanol–water partition coefficient (Wildman–Crippen LogP) is 1.17. The summed E-state index contributed by atoms with van der Waals surface area (Å²) in [4.78, 5) is 0. The Kier molecular flexibility index (Phi) is 0.974. The molecular weight excluding hydrogens is 110 g/mol. The van der Waals surface area contributed by atoms with Gasteiger partial charge in [-0.2, -0.15) is 0 Å². The van der Waals surface area contributed by atoms with Crippen molar-refractivity contribution in [2.75, 3.05) is 26.7 Å². The highest BCUT2D eigenvalue weighted by molar-refractivity contribution is 5.21. The molecule has 0 aromatic carbocycles. The van der Waals surface area contributed by atoms with Crippen LogP contribution < -0.4 is 0 Å². The summed E-state index contributed by atoms with van der Waals surface area (Å²) < 4.78 is 1.34. The van der Waals surface area contributed by atoms with Gasteiger partial charge in [-0.3, -0.25) is 0 Å². The summed E-state index contributed by atoms with van der Waals surface area (Å²) in [6, 6.07) is 0. The van der Waals surface area contributed by atoms with Crippen LogP contribution in [0.25, 0.3) is 0 Å². The molecule has 0 amide bonds. The molecule has 0 aromatic rings. The number of likely N-dealkylation sites (N-methyl/N-ethyl adjacent to an activating group) is 1. The van der Waals surface area contributed by atoms with Gasteiger partial charge in [0.05, 0.1) is 13.6 Å². The minimum Gasteiger partial charge on any atom is -0.316 e. The molecule has 1 heterocycles. The van der Waals surface area contributed by atoms with Crippen LogP contribution in [0.4, 0.5) is 0 Å². The number of rotatable bonds is 3. The van der Waals surface area contributed by atoms with Crippen LogP contribution in [0.1, 0.15) is 12.8 Å². The second kappa shape index (κ2) is 1.60. The first-order valence-corrected chi connectivity index (χ1v) is 3.80. The van der Waals surface area contributed by atoms with Crippen molar-refractivity contribution in [1.82, 2.24) is 0 Å². The topological polar surface area (TPSA) is 0 Å². The first-order chi connectivity index (χ1) is 4.29. The van der Waals surface area contributed by atoms with Gasteiger partial charge >= 0.3 is 0 Å². The largest absolute Gasteiger partial charge is 0.316 e. The Bertz CT molecular complexity index is 154. The Morgan fingerprint density at radius 1 is 1.56 bits per heavy atom. The molecular formula is C8H14N+. The Hall–Kier alpha value is -0.300. The first-order valence-electron chi connectivity index (χ1n) is 3.80. The van der Waals surface area contributed by atoms with E-state index in [2.05, 4.69) is 13.1 Å². The van der Waals surface area contributed by atoms with Crippen molar-refractivity contribution in [3.8, 4) is 0 Å². The van der Waals surface area contributed by atoms with Gasteiger partial charge in [-0.05, 0) is 6.42 Å². The molecule has 0 atom stereocenters. The monoisotopic (exact) mass is 124 g/mol. The number of hydrogen-bond donors (Lipinski definition) is 0. The average molecular weight is 124 g/mol. The normalized spacial score (nSPS) is 27.4. The fourth-order valence-corrected chi connectivity index (χ4v) is 1.08. The Balaban J connectivity index is 1.71. The van der Waals surface area contributed by atoms with Crippen LogP contribution in [0, 0.1) is 0 Å². The molecule has 0 radical (unpaired) electrons. The molecule has 1 aliphatic heterocycles. The Morgan fingerprint density at radius 2 is 2.22 bits per heavy atom. The maximum absolute atomic E-state index is 2.35. The van der Waals surface area contributed by atoms with Gasteiger partial charge in [0.15, 0.2) is 0 Å². The molecule has 0 aromatic heterocycles. The Morgan fingerprint density at radius 3 is 2.67 bits per heavy atom. The maximum atomic E-state index is 2.35. The highest BCUT2D eigenvalue weighted by Crippen LogP contribution is 2.26. The lowest BCUT2D eigenvalue weighted by molar-refractivity contribution is -0.776. The summed E-state index contributed by atoms with van der Waals surface area (Å²) in [5, 5.41) is 0. The average Bonchev–Trinajstić information content (AvgIpc) is 2.58. The zero-order valence-corrected chi connectivity index (χ0v) is 6.06. The van der Waals surface area contributed by atoms with Gasteiger partial charge in [0.1, 0.15) is 13.1 Å². The van der Waals surface area contributed by atoms with Gasteiger partial charge in [0.2, 0.25) is 0 Å². The van der Waals surface area contributed by atoms with Crippen LogP contribution in [0.5, 0.6) is 0 Å². The molecule has 1 heteroatoms. The van der Waals surface area contributed by atoms with E-state index < -0.39 is 0 Å². The van der Waals surface area contributed by atoms with Gasteiger partial charge in [-0.1, -0.05) is 11.6 Å². The summed E-state index contributed by atoms with van der Waals surface area (Å²) in [6.45, 7) is 4.24. The van der Waals surface area contributed by atoms with E-state index in [0.717, 1.165) is 0 Å². The van der Waals surface area contributed by atoms with Gasteiger partial charge in [-0.25, -0.2) is 0 Å². The van der Waals surface area contributed by atoms with Crippen LogP contribution in [-0.4, -0.2) is 31.2 Å². The van der Waals surface area contributed by atoms with Crippen molar-refractivity contribution in [2.45, 2.75) is 12.8 Å². The van der Waals surface area contributed by atoms with Crippen LogP contribution in [-0.2, 0) is 0 Å². The van der Waals surface area contributed by atoms with E-state index >= 15 is 0 Å². The molecule has 9 heavy (non-hydrogen) atoms. The zero-order chi connectivity index (χ0) is 6.32. The summed E-state index contributed by atoms with van der Waals surface area (Å²) >= 11 is 0. The summed E-state index contributed by atoms with van der Waals surface area (Å²) in [5.41, 5.74) is 1.70. The van der Waals surface area contributed by atoms with Crippen molar-refractivity contribution in [3.63, 3.8) is 0 Å². The lowest BCUT2D eigenvalue weighted by Gasteiger charge is -2.08. The van der Waals surface area contributed by atoms with Crippen molar-refractivity contribution in [2.24, 2.45) is 0 Å². The van der Waals surface area contributed by atoms with E-state index in [1.807, 2.05) is 0 Å². The SMILES string of the molecule is C[N+]1(CCC2=CC2)CC1. The number of quaternary nitrogens is 1. The van der Waals surface area contributed by atoms with Crippen molar-refractivity contribution < 1.29 is 4.48 Å². The van der Waals surface area contributed by atoms with Crippen molar-refractivity contribution in [3.05, 3.63) is 11.6 Å². The quantitative estimate of drug-likeness (QED) is 0.301. The molecule has 1 fully saturated rings. The minimum absolute atomic E-state index is 1.32. The van der Waals surface area contributed by atoms with E-state index in [1.165, 1.54) is 37.0 Å². The maximum Gasteiger partial charge on any atom is 0.128 e. The molecule has 1 nitrogen and oxygen atoms in total. The lowest BCUT2D eigenvalue weighted by Crippen LogP contribution is -2.20. The van der Waals surface area contributed by atoms with Crippen LogP contribution in [0.2, 0.25) is 0 Å². The van der Waals surface area contributed by atoms with Crippen LogP contribution in [0.3, 0.4) is 0 Å². The van der Waals surface area contributed by atoms with Gasteiger partial charge in [-0.15, -0.1) is 0 Å². The van der Waals surface area contributed by atoms with Crippen LogP contribution in [0.15, 0.2) is 11.6 Å². The van der Waals surface area contributed by atoms with E-state index in [9.17, 15) is 0 Å². The summed E-state index contributed by atoms with van der Waals surface area (Å²) in [7, 11) is 2.35. The molecule has 1 aliphatic carbocycles. The summed E-state index contributed by atoms with van der Waals surface area (Å²) in [5.74, 6) is 0. The van der Waals surface area contributed by atoms with Gasteiger partial charge in [0.25, 0.3) is 0 Å². The molecule has 0 bridgehead atoms. The fourth-order valence-electron chi connectivity index (χ4n) is 1.08. The third-order valence-electron chi connectivity index (χ3n) is 2.45. The zero-order valence-electron chi connectivity index (χ0n) is 6.06. The van der Waals surface area contributed by atoms with Gasteiger partial charge in [0, 0.05) is 6.42 Å². The Labute approximate surface area is 56.6 Å². The van der Waals surface area contributed by atoms with E-state index in [-0.39, 0.29) is 0 Å². The molecule has 0 spiro atoms. The second-order valence-corrected chi connectivity index (χ2v) is 3.61. The highest BCUT2D eigenvalue weighted by Gasteiger charge is 2.36. The minimum atomic E-state index is 1.32. The predicted molar refractivity (Wildman–Crippen MR) is 38.1 cm³/mol. The standard InChI is InChI=1S/C8H14N/c1-9(6-7-9)5-4-8-2-3-8/h2H,3-7H2,1H3/q+1. The van der Waals surface area contributed by atoms with E-state index in [4.69, 9.17) is 0 Å². The van der Waals surface area contributed by atoms with Gasteiger partial charge < -0.3 is 4.48 Å². The van der Waals surface area contributed by atoms with Crippen LogP contribution >= 0.6 is 0 Å². The smallest absolute Gasteiger partial charge is 0.128 e. The highest BCUT2D eigenvalue weighted by atomic mass is 15.4. The molecule has 0 saturated carbocycles. The van der Waals surface area contributed by atoms with Crippen molar-refractivity contribution in [1.29, 1.82) is 0 Å². The number of allylic oxidation sites excluding steroid dienone is 1. The second-order valence-electron chi connectivity index (χ2n) is 3.61. The molecule has 1 saturated heterocycles. The van der Waals surface area contributed by atoms with E-state index in [0.29, 0.717) is 0 Å². The van der Waals surface area contributed by atoms with E-state index in [1.54, 1.807) is 5.57 Å². The van der Waals surface area contributed by atoms with Crippen molar-refractivity contribution >= 4 is 0 Å². The molecule has 2 rings (SSSR count). The molecule has 2 aliphatic rings.